The van der Waals surface area contributed by atoms with Crippen LogP contribution in [-0.2, 0) is 23.7 Å². The third-order valence-corrected chi connectivity index (χ3v) is 20.1. The van der Waals surface area contributed by atoms with Gasteiger partial charge in [0.1, 0.15) is 48.8 Å². The Bertz CT molecular complexity index is 2010. The molecule has 12 atom stereocenters. The van der Waals surface area contributed by atoms with Crippen LogP contribution in [0.3, 0.4) is 0 Å². The van der Waals surface area contributed by atoms with Gasteiger partial charge in [0, 0.05) is 6.42 Å². The fraction of sp³-hybridized carbons (Fsp3) is 0.826. The Morgan fingerprint density at radius 2 is 0.690 bits per heavy atom. The molecule has 0 spiro atoms. The van der Waals surface area contributed by atoms with E-state index in [2.05, 4.69) is 92.1 Å². The van der Waals surface area contributed by atoms with Crippen molar-refractivity contribution in [1.82, 2.24) is 5.32 Å². The summed E-state index contributed by atoms with van der Waals surface area (Å²) in [5.41, 5.74) is 0. The Hall–Kier alpha value is -2.83. The van der Waals surface area contributed by atoms with Gasteiger partial charge in [0.15, 0.2) is 12.6 Å². The largest absolute Gasteiger partial charge is 0.394 e. The van der Waals surface area contributed by atoms with Crippen LogP contribution in [0.5, 0.6) is 0 Å². The van der Waals surface area contributed by atoms with Gasteiger partial charge < -0.3 is 65.1 Å². The fourth-order valence-corrected chi connectivity index (χ4v) is 13.5. The molecular weight excluding hydrogens is 1250 g/mol. The van der Waals surface area contributed by atoms with Crippen LogP contribution in [0.15, 0.2) is 85.1 Å². The number of amides is 1. The quantitative estimate of drug-likeness (QED) is 0.0204. The van der Waals surface area contributed by atoms with Gasteiger partial charge in [-0.1, -0.05) is 369 Å². The molecule has 582 valence electrons. The van der Waals surface area contributed by atoms with E-state index in [4.69, 9.17) is 18.9 Å². The van der Waals surface area contributed by atoms with Crippen LogP contribution in [0.4, 0.5) is 0 Å². The molecule has 0 aromatic heterocycles. The molecule has 2 fully saturated rings. The topological polar surface area (TPSA) is 228 Å². The Kier molecular flexibility index (Phi) is 64.6. The first kappa shape index (κ1) is 93.3. The maximum absolute atomic E-state index is 13.4. The lowest BCUT2D eigenvalue weighted by molar-refractivity contribution is -0.359. The summed E-state index contributed by atoms with van der Waals surface area (Å²) in [6.45, 7) is 2.74. The smallest absolute Gasteiger partial charge is 0.220 e. The number of aliphatic hydroxyl groups is 8. The molecule has 0 bridgehead atoms. The van der Waals surface area contributed by atoms with Gasteiger partial charge in [-0.15, -0.1) is 0 Å². The summed E-state index contributed by atoms with van der Waals surface area (Å²) in [6.07, 6.45) is 81.0. The van der Waals surface area contributed by atoms with Gasteiger partial charge in [-0.05, 0) is 70.6 Å². The number of aliphatic hydroxyl groups excluding tert-OH is 8. The number of rotatable bonds is 70. The Morgan fingerprint density at radius 3 is 1.06 bits per heavy atom. The van der Waals surface area contributed by atoms with E-state index in [9.17, 15) is 45.6 Å². The first-order chi connectivity index (χ1) is 49.1. The summed E-state index contributed by atoms with van der Waals surface area (Å²) in [6, 6.07) is -0.920. The van der Waals surface area contributed by atoms with E-state index >= 15 is 0 Å². The molecule has 0 aliphatic carbocycles. The molecule has 14 nitrogen and oxygen atoms in total. The number of hydrogen-bond donors (Lipinski definition) is 9. The minimum absolute atomic E-state index is 0.236. The summed E-state index contributed by atoms with van der Waals surface area (Å²) < 4.78 is 22.9. The van der Waals surface area contributed by atoms with Crippen molar-refractivity contribution in [2.24, 2.45) is 0 Å². The van der Waals surface area contributed by atoms with Crippen LogP contribution in [0.1, 0.15) is 361 Å². The van der Waals surface area contributed by atoms with Crippen LogP contribution in [0, 0.1) is 0 Å². The summed E-state index contributed by atoms with van der Waals surface area (Å²) in [5.74, 6) is -0.236. The molecule has 14 heteroatoms. The molecular formula is C86H155NO13. The van der Waals surface area contributed by atoms with Gasteiger partial charge >= 0.3 is 0 Å². The normalized spacial score (nSPS) is 22.3. The monoisotopic (exact) mass is 1410 g/mol. The van der Waals surface area contributed by atoms with Crippen molar-refractivity contribution < 1.29 is 64.6 Å². The zero-order valence-electron chi connectivity index (χ0n) is 63.9. The average Bonchev–Trinajstić information content (AvgIpc) is 0.790. The lowest BCUT2D eigenvalue weighted by Gasteiger charge is -2.46. The van der Waals surface area contributed by atoms with Crippen LogP contribution in [-0.4, -0.2) is 140 Å². The van der Waals surface area contributed by atoms with Crippen LogP contribution < -0.4 is 5.32 Å². The van der Waals surface area contributed by atoms with Crippen LogP contribution in [0.2, 0.25) is 0 Å². The second-order valence-corrected chi connectivity index (χ2v) is 29.2. The van der Waals surface area contributed by atoms with Crippen LogP contribution >= 0.6 is 0 Å². The van der Waals surface area contributed by atoms with Crippen molar-refractivity contribution >= 4 is 5.91 Å². The molecule has 100 heavy (non-hydrogen) atoms. The van der Waals surface area contributed by atoms with Gasteiger partial charge in [0.2, 0.25) is 5.91 Å². The maximum Gasteiger partial charge on any atom is 0.220 e. The van der Waals surface area contributed by atoms with Crippen molar-refractivity contribution in [1.29, 1.82) is 0 Å². The first-order valence-electron chi connectivity index (χ1n) is 41.8. The van der Waals surface area contributed by atoms with E-state index in [1.807, 2.05) is 6.08 Å². The SMILES string of the molecule is CC/C=C\C/C=C\C/C=C\C/C=C\C/C=C\C/C=C\CCCCCCCCCCCCCCCCCCC(=O)NC(COC1OC(CO)C(OC2OC(CO)C(O)C(O)C2O)C(O)C1O)C(O)/C=C/CCCCCCCCCCCCCCCCCCCCCCCCCCCCCCC. The fourth-order valence-electron chi connectivity index (χ4n) is 13.5. The molecule has 0 radical (unpaired) electrons. The zero-order valence-corrected chi connectivity index (χ0v) is 63.9. The molecule has 0 aromatic carbocycles. The van der Waals surface area contributed by atoms with Crippen molar-refractivity contribution in [3.8, 4) is 0 Å². The second kappa shape index (κ2) is 69.2. The number of unbranched alkanes of at least 4 members (excludes halogenated alkanes) is 45. The van der Waals surface area contributed by atoms with E-state index in [1.165, 1.54) is 257 Å². The van der Waals surface area contributed by atoms with E-state index in [-0.39, 0.29) is 18.9 Å². The molecule has 2 aliphatic rings. The number of allylic oxidation sites excluding steroid dienone is 13. The van der Waals surface area contributed by atoms with E-state index in [0.717, 1.165) is 77.0 Å². The predicted octanol–water partition coefficient (Wildman–Crippen LogP) is 19.5. The number of hydrogen-bond acceptors (Lipinski definition) is 13. The molecule has 2 aliphatic heterocycles. The minimum Gasteiger partial charge on any atom is -0.394 e. The standard InChI is InChI=1S/C86H155NO13/c1-3-5-7-9-11-13-15-17-19-21-23-25-27-29-31-33-35-36-37-38-40-42-44-46-48-50-52-54-56-58-60-62-64-66-68-70-78(91)87-74(73-97-85-83(96)81(94)84(77(72-89)99-85)100-86-82(95)80(93)79(92)76(71-88)98-86)75(90)69-67-65-63-61-59-57-55-53-51-49-47-45-43-41-39-34-32-30-28-26-24-22-20-18-16-14-12-10-8-6-4-2/h5,7,11,13,17,19,23,25,29,31,35-36,67,69,74-77,79-86,88-90,92-96H,3-4,6,8-10,12,14-16,18,20-22,24,26-28,30,32-34,37-66,68,70-73H2,1-2H3,(H,87,91)/b7-5-,13-11-,19-17-,25-23-,31-29-,36-35-,69-67+. The zero-order chi connectivity index (χ0) is 72.2. The van der Waals surface area contributed by atoms with Gasteiger partial charge in [0.25, 0.3) is 0 Å². The highest BCUT2D eigenvalue weighted by Gasteiger charge is 2.51. The summed E-state index contributed by atoms with van der Waals surface area (Å²) in [4.78, 5) is 13.4. The van der Waals surface area contributed by atoms with Crippen molar-refractivity contribution in [2.75, 3.05) is 19.8 Å². The lowest BCUT2D eigenvalue weighted by atomic mass is 9.97. The third-order valence-electron chi connectivity index (χ3n) is 20.1. The van der Waals surface area contributed by atoms with Crippen molar-refractivity contribution in [2.45, 2.75) is 434 Å². The van der Waals surface area contributed by atoms with Crippen LogP contribution in [0.25, 0.3) is 0 Å². The maximum atomic E-state index is 13.4. The molecule has 2 saturated heterocycles. The van der Waals surface area contributed by atoms with E-state index < -0.39 is 86.8 Å². The summed E-state index contributed by atoms with van der Waals surface area (Å²) >= 11 is 0. The number of carbonyl (C=O) groups is 1. The van der Waals surface area contributed by atoms with Gasteiger partial charge in [-0.2, -0.15) is 0 Å². The van der Waals surface area contributed by atoms with Crippen molar-refractivity contribution in [3.63, 3.8) is 0 Å². The highest BCUT2D eigenvalue weighted by Crippen LogP contribution is 2.30. The first-order valence-corrected chi connectivity index (χ1v) is 41.8. The van der Waals surface area contributed by atoms with Crippen molar-refractivity contribution in [3.05, 3.63) is 85.1 Å². The Labute approximate surface area is 611 Å². The lowest BCUT2D eigenvalue weighted by Crippen LogP contribution is -2.65. The number of ether oxygens (including phenoxy) is 4. The Morgan fingerprint density at radius 1 is 0.370 bits per heavy atom. The van der Waals surface area contributed by atoms with Gasteiger partial charge in [0.05, 0.1) is 32.0 Å². The molecule has 0 aromatic rings. The van der Waals surface area contributed by atoms with Gasteiger partial charge in [-0.25, -0.2) is 0 Å². The predicted molar refractivity (Wildman–Crippen MR) is 415 cm³/mol. The number of nitrogens with one attached hydrogen (secondary N) is 1. The molecule has 1 amide bonds. The molecule has 0 saturated carbocycles. The summed E-state index contributed by atoms with van der Waals surface area (Å²) in [5, 5.41) is 87.8. The highest BCUT2D eigenvalue weighted by atomic mass is 16.7. The minimum atomic E-state index is -1.79. The molecule has 2 rings (SSSR count). The highest BCUT2D eigenvalue weighted by molar-refractivity contribution is 5.76. The van der Waals surface area contributed by atoms with Gasteiger partial charge in [-0.3, -0.25) is 4.79 Å². The number of carbonyl (C=O) groups excluding carboxylic acids is 1. The Balaban J connectivity index is 1.60. The molecule has 9 N–H and O–H groups in total. The second-order valence-electron chi connectivity index (χ2n) is 29.2. The van der Waals surface area contributed by atoms with E-state index in [0.29, 0.717) is 6.42 Å². The average molecular weight is 1410 g/mol. The summed E-state index contributed by atoms with van der Waals surface area (Å²) in [7, 11) is 0. The van der Waals surface area contributed by atoms with E-state index in [1.54, 1.807) is 6.08 Å². The third kappa shape index (κ3) is 51.4. The molecule has 12 unspecified atom stereocenters. The molecule has 2 heterocycles.